The van der Waals surface area contributed by atoms with Crippen LogP contribution in [0.15, 0.2) is 78.9 Å². The fourth-order valence-electron chi connectivity index (χ4n) is 2.90. The van der Waals surface area contributed by atoms with Crippen LogP contribution in [0.5, 0.6) is 0 Å². The molecule has 0 N–H and O–H groups in total. The average molecular weight is 361 g/mol. The van der Waals surface area contributed by atoms with Crippen molar-refractivity contribution >= 4 is 29.0 Å². The number of hydrogen-bond acceptors (Lipinski definition) is 5. The maximum atomic E-state index is 12.5. The molecule has 0 saturated carbocycles. The molecule has 0 radical (unpaired) electrons. The van der Waals surface area contributed by atoms with E-state index >= 15 is 0 Å². The van der Waals surface area contributed by atoms with Gasteiger partial charge in [0.1, 0.15) is 0 Å². The second kappa shape index (κ2) is 8.19. The van der Waals surface area contributed by atoms with E-state index in [0.29, 0.717) is 5.69 Å². The molecule has 27 heavy (non-hydrogen) atoms. The first kappa shape index (κ1) is 18.2. The van der Waals surface area contributed by atoms with Gasteiger partial charge in [-0.25, -0.2) is 9.59 Å². The molecule has 5 heteroatoms. The Bertz CT molecular complexity index is 865. The number of para-hydroxylation sites is 3. The van der Waals surface area contributed by atoms with Crippen molar-refractivity contribution in [1.29, 1.82) is 0 Å². The van der Waals surface area contributed by atoms with E-state index in [4.69, 9.17) is 9.47 Å². The highest BCUT2D eigenvalue weighted by Gasteiger charge is 2.26. The third-order valence-electron chi connectivity index (χ3n) is 4.10. The smallest absolute Gasteiger partial charge is 0.340 e. The summed E-state index contributed by atoms with van der Waals surface area (Å²) in [6.07, 6.45) is 0. The quantitative estimate of drug-likeness (QED) is 0.615. The van der Waals surface area contributed by atoms with Crippen LogP contribution in [0, 0.1) is 0 Å². The van der Waals surface area contributed by atoms with Gasteiger partial charge in [0.25, 0.3) is 0 Å². The van der Waals surface area contributed by atoms with Gasteiger partial charge in [0.15, 0.2) is 0 Å². The number of methoxy groups -OCH3 is 2. The molecule has 0 bridgehead atoms. The highest BCUT2D eigenvalue weighted by atomic mass is 16.5. The summed E-state index contributed by atoms with van der Waals surface area (Å²) in [6, 6.07) is 23.9. The first-order valence-electron chi connectivity index (χ1n) is 8.37. The number of rotatable bonds is 5. The van der Waals surface area contributed by atoms with Gasteiger partial charge < -0.3 is 14.4 Å². The van der Waals surface area contributed by atoms with Gasteiger partial charge in [-0.2, -0.15) is 0 Å². The molecular weight excluding hydrogens is 342 g/mol. The Morgan fingerprint density at radius 1 is 0.630 bits per heavy atom. The standard InChI is InChI=1S/C22H19NO4/c1-26-21(24)18-14-9-15-19(22(25)27-2)20(18)23(16-10-5-3-6-11-16)17-12-7-4-8-13-17/h3-15H,1-2H3. The maximum absolute atomic E-state index is 12.5. The van der Waals surface area contributed by atoms with Crippen molar-refractivity contribution in [3.8, 4) is 0 Å². The van der Waals surface area contributed by atoms with Crippen molar-refractivity contribution in [2.75, 3.05) is 19.1 Å². The SMILES string of the molecule is COC(=O)c1cccc(C(=O)OC)c1N(c1ccccc1)c1ccccc1. The second-order valence-electron chi connectivity index (χ2n) is 5.69. The second-order valence-corrected chi connectivity index (χ2v) is 5.69. The minimum Gasteiger partial charge on any atom is -0.465 e. The molecule has 0 unspecified atom stereocenters. The van der Waals surface area contributed by atoms with E-state index in [1.807, 2.05) is 65.6 Å². The van der Waals surface area contributed by atoms with Crippen LogP contribution in [0.4, 0.5) is 17.1 Å². The number of carbonyl (C=O) groups is 2. The minimum absolute atomic E-state index is 0.271. The summed E-state index contributed by atoms with van der Waals surface area (Å²) in [5, 5.41) is 0. The molecule has 3 aromatic carbocycles. The van der Waals surface area contributed by atoms with Gasteiger partial charge in [-0.3, -0.25) is 0 Å². The summed E-state index contributed by atoms with van der Waals surface area (Å²) < 4.78 is 9.90. The number of benzene rings is 3. The zero-order valence-electron chi connectivity index (χ0n) is 15.1. The Morgan fingerprint density at radius 3 is 1.41 bits per heavy atom. The summed E-state index contributed by atoms with van der Waals surface area (Å²) in [6.45, 7) is 0. The van der Waals surface area contributed by atoms with E-state index in [-0.39, 0.29) is 11.1 Å². The number of nitrogens with zero attached hydrogens (tertiary/aromatic N) is 1. The monoisotopic (exact) mass is 361 g/mol. The summed E-state index contributed by atoms with van der Waals surface area (Å²) in [7, 11) is 2.62. The number of anilines is 3. The van der Waals surface area contributed by atoms with E-state index in [9.17, 15) is 9.59 Å². The number of hydrogen-bond donors (Lipinski definition) is 0. The summed E-state index contributed by atoms with van der Waals surface area (Å²) in [4.78, 5) is 26.8. The van der Waals surface area contributed by atoms with Crippen LogP contribution in [-0.2, 0) is 9.47 Å². The van der Waals surface area contributed by atoms with Gasteiger partial charge in [0.2, 0.25) is 0 Å². The molecule has 0 aliphatic rings. The van der Waals surface area contributed by atoms with E-state index in [1.54, 1.807) is 18.2 Å². The molecule has 0 heterocycles. The number of ether oxygens (including phenoxy) is 2. The van der Waals surface area contributed by atoms with Crippen LogP contribution >= 0.6 is 0 Å². The highest BCUT2D eigenvalue weighted by molar-refractivity contribution is 6.07. The van der Waals surface area contributed by atoms with Crippen LogP contribution in [0.25, 0.3) is 0 Å². The van der Waals surface area contributed by atoms with E-state index in [1.165, 1.54) is 14.2 Å². The van der Waals surface area contributed by atoms with E-state index in [2.05, 4.69) is 0 Å². The highest BCUT2D eigenvalue weighted by Crippen LogP contribution is 2.39. The molecule has 0 aliphatic carbocycles. The van der Waals surface area contributed by atoms with Gasteiger partial charge in [-0.05, 0) is 36.4 Å². The fraction of sp³-hybridized carbons (Fsp3) is 0.0909. The van der Waals surface area contributed by atoms with E-state index in [0.717, 1.165) is 11.4 Å². The first-order chi connectivity index (χ1) is 13.2. The largest absolute Gasteiger partial charge is 0.465 e. The molecule has 0 atom stereocenters. The topological polar surface area (TPSA) is 55.8 Å². The molecule has 3 rings (SSSR count). The van der Waals surface area contributed by atoms with E-state index < -0.39 is 11.9 Å². The van der Waals surface area contributed by atoms with Crippen LogP contribution < -0.4 is 4.90 Å². The van der Waals surface area contributed by atoms with Crippen LogP contribution in [-0.4, -0.2) is 26.2 Å². The van der Waals surface area contributed by atoms with Crippen molar-refractivity contribution in [1.82, 2.24) is 0 Å². The molecule has 3 aromatic rings. The summed E-state index contributed by atoms with van der Waals surface area (Å²) >= 11 is 0. The van der Waals surface area contributed by atoms with Gasteiger partial charge in [0.05, 0.1) is 31.0 Å². The van der Waals surface area contributed by atoms with Crippen LogP contribution in [0.3, 0.4) is 0 Å². The third-order valence-corrected chi connectivity index (χ3v) is 4.10. The molecule has 0 aromatic heterocycles. The summed E-state index contributed by atoms with van der Waals surface area (Å²) in [5.41, 5.74) is 2.55. The number of esters is 2. The van der Waals surface area contributed by atoms with Crippen molar-refractivity contribution in [2.24, 2.45) is 0 Å². The van der Waals surface area contributed by atoms with Crippen LogP contribution in [0.2, 0.25) is 0 Å². The lowest BCUT2D eigenvalue weighted by atomic mass is 10.0. The zero-order chi connectivity index (χ0) is 19.2. The molecule has 0 saturated heterocycles. The third kappa shape index (κ3) is 3.67. The Morgan fingerprint density at radius 2 is 1.04 bits per heavy atom. The van der Waals surface area contributed by atoms with Crippen LogP contribution in [0.1, 0.15) is 20.7 Å². The molecule has 0 aliphatic heterocycles. The lowest BCUT2D eigenvalue weighted by Gasteiger charge is -2.28. The first-order valence-corrected chi connectivity index (χ1v) is 8.37. The molecule has 0 fully saturated rings. The molecule has 0 spiro atoms. The molecule has 0 amide bonds. The maximum Gasteiger partial charge on any atom is 0.340 e. The Hall–Kier alpha value is -3.60. The van der Waals surface area contributed by atoms with Gasteiger partial charge in [0, 0.05) is 11.4 Å². The Balaban J connectivity index is 2.34. The van der Waals surface area contributed by atoms with Crippen molar-refractivity contribution in [2.45, 2.75) is 0 Å². The Labute approximate surface area is 157 Å². The predicted molar refractivity (Wildman–Crippen MR) is 104 cm³/mol. The van der Waals surface area contributed by atoms with Crippen molar-refractivity contribution in [3.63, 3.8) is 0 Å². The Kier molecular flexibility index (Phi) is 5.52. The minimum atomic E-state index is -0.535. The zero-order valence-corrected chi connectivity index (χ0v) is 15.1. The lowest BCUT2D eigenvalue weighted by molar-refractivity contribution is 0.0601. The van der Waals surface area contributed by atoms with Gasteiger partial charge in [-0.15, -0.1) is 0 Å². The fourth-order valence-corrected chi connectivity index (χ4v) is 2.90. The van der Waals surface area contributed by atoms with Gasteiger partial charge in [-0.1, -0.05) is 42.5 Å². The molecular formula is C22H19NO4. The van der Waals surface area contributed by atoms with Crippen molar-refractivity contribution < 1.29 is 19.1 Å². The predicted octanol–water partition coefficient (Wildman–Crippen LogP) is 4.73. The average Bonchev–Trinajstić information content (AvgIpc) is 2.74. The molecule has 5 nitrogen and oxygen atoms in total. The van der Waals surface area contributed by atoms with Gasteiger partial charge >= 0.3 is 11.9 Å². The van der Waals surface area contributed by atoms with Crippen molar-refractivity contribution in [3.05, 3.63) is 90.0 Å². The lowest BCUT2D eigenvalue weighted by Crippen LogP contribution is -2.19. The summed E-state index contributed by atoms with van der Waals surface area (Å²) in [5.74, 6) is -1.07. The normalized spacial score (nSPS) is 10.1. The number of carbonyl (C=O) groups excluding carboxylic acids is 2. The molecule has 136 valence electrons.